The Morgan fingerprint density at radius 2 is 0.988 bits per heavy atom. The predicted octanol–water partition coefficient (Wildman–Crippen LogP) is 14.8. The summed E-state index contributed by atoms with van der Waals surface area (Å²) < 4.78 is 81.8. The minimum atomic E-state index is -4.79. The third kappa shape index (κ3) is 16.3. The lowest BCUT2D eigenvalue weighted by molar-refractivity contribution is -0.142. The van der Waals surface area contributed by atoms with E-state index in [9.17, 15) is 13.2 Å². The number of benzene rings is 6. The molecule has 0 amide bonds. The van der Waals surface area contributed by atoms with Crippen LogP contribution in [0.2, 0.25) is 0 Å². The SMILES string of the molecule is CCOC(C#CC(=NC(c1ccccc1)(c1ccccc1)c1ccccc1)C(F)(F)F)OCC.CCOC(OCC)c1cc(NC(c2ccccc2)(c2ccccc2)c2ccccc2)c(F)c(Cc2nccs2)n1.NCCc1nccs1. The molecular formula is C66H66F4N6O4S2. The van der Waals surface area contributed by atoms with Gasteiger partial charge in [0, 0.05) is 62.4 Å². The molecule has 0 aliphatic rings. The predicted molar refractivity (Wildman–Crippen MR) is 320 cm³/mol. The molecule has 0 saturated carbocycles. The molecule has 6 aromatic carbocycles. The van der Waals surface area contributed by atoms with Gasteiger partial charge in [0.25, 0.3) is 0 Å². The Kier molecular flexibility index (Phi) is 23.8. The van der Waals surface area contributed by atoms with Crippen molar-refractivity contribution >= 4 is 34.1 Å². The number of nitrogens with zero attached hydrogens (tertiary/aromatic N) is 4. The third-order valence-electron chi connectivity index (χ3n) is 12.6. The average molecular weight is 1150 g/mol. The number of alkyl halides is 3. The summed E-state index contributed by atoms with van der Waals surface area (Å²) in [4.78, 5) is 17.5. The number of aliphatic imine (C=N–C) groups is 1. The van der Waals surface area contributed by atoms with Gasteiger partial charge in [-0.3, -0.25) is 4.99 Å². The Bertz CT molecular complexity index is 3130. The van der Waals surface area contributed by atoms with Crippen LogP contribution >= 0.6 is 22.7 Å². The van der Waals surface area contributed by atoms with Crippen molar-refractivity contribution in [3.8, 4) is 11.8 Å². The van der Waals surface area contributed by atoms with Crippen molar-refractivity contribution in [1.82, 2.24) is 15.0 Å². The molecular weight excluding hydrogens is 1080 g/mol. The van der Waals surface area contributed by atoms with Crippen LogP contribution in [0, 0.1) is 17.7 Å². The monoisotopic (exact) mass is 1150 g/mol. The van der Waals surface area contributed by atoms with Crippen LogP contribution < -0.4 is 11.1 Å². The van der Waals surface area contributed by atoms with Gasteiger partial charge in [-0.1, -0.05) is 182 Å². The zero-order valence-corrected chi connectivity index (χ0v) is 47.8. The van der Waals surface area contributed by atoms with Crippen LogP contribution in [0.25, 0.3) is 0 Å². The second-order valence-corrected chi connectivity index (χ2v) is 19.9. The Morgan fingerprint density at radius 3 is 1.35 bits per heavy atom. The number of nitrogens with one attached hydrogen (secondary N) is 1. The fourth-order valence-corrected chi connectivity index (χ4v) is 10.3. The summed E-state index contributed by atoms with van der Waals surface area (Å²) in [7, 11) is 0. The first kappa shape index (κ1) is 61.9. The first-order chi connectivity index (χ1) is 40.0. The van der Waals surface area contributed by atoms with Gasteiger partial charge in [-0.2, -0.15) is 13.2 Å². The largest absolute Gasteiger partial charge is 0.441 e. The summed E-state index contributed by atoms with van der Waals surface area (Å²) >= 11 is 3.13. The summed E-state index contributed by atoms with van der Waals surface area (Å²) in [5, 5.41) is 9.42. The number of halogens is 4. The number of rotatable bonds is 22. The van der Waals surface area contributed by atoms with Crippen LogP contribution in [0.3, 0.4) is 0 Å². The number of hydrogen-bond acceptors (Lipinski definition) is 12. The van der Waals surface area contributed by atoms with Gasteiger partial charge in [-0.15, -0.1) is 22.7 Å². The molecule has 10 nitrogen and oxygen atoms in total. The van der Waals surface area contributed by atoms with E-state index in [2.05, 4.69) is 68.5 Å². The third-order valence-corrected chi connectivity index (χ3v) is 14.2. The van der Waals surface area contributed by atoms with E-state index in [1.54, 1.807) is 116 Å². The molecule has 3 N–H and O–H groups in total. The lowest BCUT2D eigenvalue weighted by Gasteiger charge is -2.38. The van der Waals surface area contributed by atoms with Crippen LogP contribution in [-0.2, 0) is 42.9 Å². The van der Waals surface area contributed by atoms with Crippen molar-refractivity contribution in [1.29, 1.82) is 0 Å². The summed E-state index contributed by atoms with van der Waals surface area (Å²) in [5.41, 5.74) is 7.44. The van der Waals surface area contributed by atoms with Crippen molar-refractivity contribution < 1.29 is 36.5 Å². The standard InChI is InChI=1S/C33H32FN3O2S.C28H26F3NO2.C5H8N2S/c1-3-38-32(39-4-2)29-22-28(31(34)27(36-29)23-30-35-20-21-40-30)37-33(24-14-8-5-9-15-24,25-16-10-6-11-17-25)26-18-12-7-13-19-26;1-3-33-26(34-4-2)21-20-25(28(29,30)31)32-27(22-14-8-5-9-15-22,23-16-10-6-11-17-23)24-18-12-7-13-19-24;6-2-1-5-7-3-4-8-5/h5-22,32H,3-4,23H2,1-2H3,(H,36,37);5-19,26H,3-4H2,1-2H3;3-4H,1-2,6H2. The Hall–Kier alpha value is -7.72. The molecule has 0 bridgehead atoms. The summed E-state index contributed by atoms with van der Waals surface area (Å²) in [6, 6.07) is 58.8. The fourth-order valence-electron chi connectivity index (χ4n) is 9.04. The molecule has 0 fully saturated rings. The number of aromatic nitrogens is 3. The van der Waals surface area contributed by atoms with Crippen LogP contribution in [0.1, 0.15) is 88.8 Å². The first-order valence-corrected chi connectivity index (χ1v) is 28.7. The fraction of sp³-hybridized carbons (Fsp3) is 0.242. The highest BCUT2D eigenvalue weighted by molar-refractivity contribution is 7.09. The average Bonchev–Trinajstić information content (AvgIpc) is 4.41. The van der Waals surface area contributed by atoms with Crippen molar-refractivity contribution in [2.75, 3.05) is 38.3 Å². The van der Waals surface area contributed by atoms with E-state index in [0.29, 0.717) is 47.8 Å². The summed E-state index contributed by atoms with van der Waals surface area (Å²) in [6.07, 6.45) is -1.92. The van der Waals surface area contributed by atoms with Crippen molar-refractivity contribution in [3.05, 3.63) is 272 Å². The number of anilines is 1. The van der Waals surface area contributed by atoms with Crippen LogP contribution in [0.5, 0.6) is 0 Å². The van der Waals surface area contributed by atoms with Gasteiger partial charge in [-0.25, -0.2) is 19.3 Å². The number of nitrogens with two attached hydrogens (primary N) is 1. The lowest BCUT2D eigenvalue weighted by atomic mass is 9.76. The number of hydrogen-bond donors (Lipinski definition) is 2. The van der Waals surface area contributed by atoms with Crippen LogP contribution in [0.15, 0.2) is 216 Å². The van der Waals surface area contributed by atoms with Gasteiger partial charge < -0.3 is 30.0 Å². The van der Waals surface area contributed by atoms with Gasteiger partial charge >= 0.3 is 6.18 Å². The van der Waals surface area contributed by atoms with E-state index in [4.69, 9.17) is 29.7 Å². The van der Waals surface area contributed by atoms with E-state index < -0.39 is 41.4 Å². The van der Waals surface area contributed by atoms with Gasteiger partial charge in [0.05, 0.1) is 27.1 Å². The highest BCUT2D eigenvalue weighted by Gasteiger charge is 2.43. The summed E-state index contributed by atoms with van der Waals surface area (Å²) in [6.45, 7) is 9.29. The molecule has 424 valence electrons. The zero-order valence-electron chi connectivity index (χ0n) is 46.1. The molecule has 9 aromatic rings. The van der Waals surface area contributed by atoms with Crippen LogP contribution in [0.4, 0.5) is 23.2 Å². The van der Waals surface area contributed by atoms with Gasteiger partial charge in [0.2, 0.25) is 12.6 Å². The second kappa shape index (κ2) is 31.5. The highest BCUT2D eigenvalue weighted by atomic mass is 32.1. The molecule has 82 heavy (non-hydrogen) atoms. The lowest BCUT2D eigenvalue weighted by Crippen LogP contribution is -2.38. The molecule has 0 unspecified atom stereocenters. The summed E-state index contributed by atoms with van der Waals surface area (Å²) in [5.74, 6) is 4.25. The van der Waals surface area contributed by atoms with Crippen LogP contribution in [-0.4, -0.2) is 66.1 Å². The molecule has 0 aliphatic carbocycles. The Morgan fingerprint density at radius 1 is 0.585 bits per heavy atom. The number of thiazole rings is 2. The molecule has 0 saturated heterocycles. The van der Waals surface area contributed by atoms with E-state index in [1.165, 1.54) is 11.3 Å². The maximum atomic E-state index is 16.5. The molecule has 16 heteroatoms. The zero-order chi connectivity index (χ0) is 58.1. The molecule has 3 heterocycles. The maximum absolute atomic E-state index is 16.5. The molecule has 0 radical (unpaired) electrons. The van der Waals surface area contributed by atoms with Gasteiger partial charge in [0.1, 0.15) is 11.1 Å². The second-order valence-electron chi connectivity index (χ2n) is 17.9. The van der Waals surface area contributed by atoms with Crippen molar-refractivity contribution in [2.24, 2.45) is 10.7 Å². The molecule has 3 aromatic heterocycles. The normalized spacial score (nSPS) is 11.7. The maximum Gasteiger partial charge on any atom is 0.441 e. The minimum Gasteiger partial charge on any atom is -0.365 e. The Balaban J connectivity index is 0.000000210. The van der Waals surface area contributed by atoms with Gasteiger partial charge in [-0.05, 0) is 85.5 Å². The number of pyridine rings is 1. The number of ether oxygens (including phenoxy) is 4. The smallest absolute Gasteiger partial charge is 0.365 e. The molecule has 0 spiro atoms. The quantitative estimate of drug-likeness (QED) is 0.0224. The van der Waals surface area contributed by atoms with Crippen molar-refractivity contribution in [3.63, 3.8) is 0 Å². The Labute approximate surface area is 486 Å². The topological polar surface area (TPSA) is 126 Å². The van der Waals surface area contributed by atoms with Gasteiger partial charge in [0.15, 0.2) is 11.5 Å². The highest BCUT2D eigenvalue weighted by Crippen LogP contribution is 2.43. The molecule has 0 aliphatic heterocycles. The first-order valence-electron chi connectivity index (χ1n) is 26.9. The van der Waals surface area contributed by atoms with E-state index in [0.717, 1.165) is 33.1 Å². The van der Waals surface area contributed by atoms with E-state index in [1.807, 2.05) is 97.4 Å². The van der Waals surface area contributed by atoms with Crippen molar-refractivity contribution in [2.45, 2.75) is 70.4 Å². The minimum absolute atomic E-state index is 0.250. The van der Waals surface area contributed by atoms with E-state index in [-0.39, 0.29) is 25.3 Å². The molecule has 9 rings (SSSR count). The van der Waals surface area contributed by atoms with E-state index >= 15 is 4.39 Å². The molecule has 0 atom stereocenters.